The number of carbonyl (C=O) groups excluding carboxylic acids is 1. The Morgan fingerprint density at radius 3 is 2.71 bits per heavy atom. The molecule has 1 heterocycles. The molecule has 0 N–H and O–H groups in total. The second-order valence-corrected chi connectivity index (χ2v) is 4.43. The highest BCUT2D eigenvalue weighted by Gasteiger charge is 2.23. The van der Waals surface area contributed by atoms with Gasteiger partial charge in [0.2, 0.25) is 0 Å². The maximum Gasteiger partial charge on any atom is 0.253 e. The smallest absolute Gasteiger partial charge is 0.253 e. The van der Waals surface area contributed by atoms with Crippen molar-refractivity contribution < 1.29 is 9.53 Å². The fourth-order valence-electron chi connectivity index (χ4n) is 2.18. The third-order valence-corrected chi connectivity index (χ3v) is 3.24. The first-order valence-electron chi connectivity index (χ1n) is 5.95. The van der Waals surface area contributed by atoms with Crippen LogP contribution in [0.5, 0.6) is 0 Å². The van der Waals surface area contributed by atoms with Crippen LogP contribution in [0.25, 0.3) is 0 Å². The zero-order valence-corrected chi connectivity index (χ0v) is 10.2. The first kappa shape index (κ1) is 12.1. The van der Waals surface area contributed by atoms with Crippen LogP contribution in [0, 0.1) is 6.92 Å². The van der Waals surface area contributed by atoms with Crippen molar-refractivity contribution in [1.29, 1.82) is 0 Å². The number of rotatable bonds is 2. The van der Waals surface area contributed by atoms with Crippen LogP contribution in [0.15, 0.2) is 24.3 Å². The molecule has 3 nitrogen and oxygen atoms in total. The molecule has 0 unspecified atom stereocenters. The molecule has 91 valence electrons. The molecule has 0 spiro atoms. The molecule has 1 aromatic carbocycles. The Labute approximate surface area is 102 Å². The summed E-state index contributed by atoms with van der Waals surface area (Å²) < 4.78 is 5.30. The van der Waals surface area contributed by atoms with E-state index < -0.39 is 0 Å². The summed E-state index contributed by atoms with van der Waals surface area (Å²) in [5.74, 6) is 0.102. The predicted molar refractivity (Wildman–Crippen MR) is 66.8 cm³/mol. The Kier molecular flexibility index (Phi) is 3.79. The summed E-state index contributed by atoms with van der Waals surface area (Å²) >= 11 is 0. The summed E-state index contributed by atoms with van der Waals surface area (Å²) in [6, 6.07) is 7.45. The molecular weight excluding hydrogens is 214 g/mol. The van der Waals surface area contributed by atoms with E-state index in [-0.39, 0.29) is 5.91 Å². The van der Waals surface area contributed by atoms with Crippen LogP contribution in [0.2, 0.25) is 0 Å². The van der Waals surface area contributed by atoms with Crippen molar-refractivity contribution in [3.8, 4) is 0 Å². The predicted octanol–water partition coefficient (Wildman–Crippen LogP) is 2.12. The Hall–Kier alpha value is -1.35. The highest BCUT2D eigenvalue weighted by Crippen LogP contribution is 2.16. The zero-order chi connectivity index (χ0) is 12.3. The minimum absolute atomic E-state index is 0.102. The molecule has 1 aliphatic rings. The minimum atomic E-state index is 0.102. The molecule has 17 heavy (non-hydrogen) atoms. The van der Waals surface area contributed by atoms with E-state index in [0.717, 1.165) is 37.1 Å². The van der Waals surface area contributed by atoms with E-state index in [1.807, 2.05) is 29.2 Å². The van der Waals surface area contributed by atoms with E-state index in [4.69, 9.17) is 4.74 Å². The maximum absolute atomic E-state index is 12.2. The van der Waals surface area contributed by atoms with Crippen molar-refractivity contribution in [2.24, 2.45) is 0 Å². The Morgan fingerprint density at radius 2 is 2.12 bits per heavy atom. The number of methoxy groups -OCH3 is 1. The fraction of sp³-hybridized carbons (Fsp3) is 0.429. The molecule has 0 aromatic heterocycles. The number of carbonyl (C=O) groups is 1. The number of likely N-dealkylation sites (tertiary alicyclic amines) is 1. The molecule has 1 saturated heterocycles. The minimum Gasteiger partial charge on any atom is -0.381 e. The summed E-state index contributed by atoms with van der Waals surface area (Å²) in [6.07, 6.45) is 2.15. The van der Waals surface area contributed by atoms with Gasteiger partial charge in [0, 0.05) is 25.8 Å². The van der Waals surface area contributed by atoms with Gasteiger partial charge in [0.05, 0.1) is 6.10 Å². The van der Waals surface area contributed by atoms with Gasteiger partial charge in [-0.1, -0.05) is 12.1 Å². The SMILES string of the molecule is [CH2]c1cccc(C(=O)N2CCC(OC)CC2)c1. The van der Waals surface area contributed by atoms with Gasteiger partial charge in [-0.2, -0.15) is 0 Å². The molecule has 0 saturated carbocycles. The highest BCUT2D eigenvalue weighted by molar-refractivity contribution is 5.94. The molecule has 1 aromatic rings. The van der Waals surface area contributed by atoms with Crippen LogP contribution in [0.4, 0.5) is 0 Å². The Bertz CT molecular complexity index is 395. The number of piperidine rings is 1. The topological polar surface area (TPSA) is 29.5 Å². The van der Waals surface area contributed by atoms with Gasteiger partial charge in [0.1, 0.15) is 0 Å². The average molecular weight is 232 g/mol. The molecule has 1 fully saturated rings. The third kappa shape index (κ3) is 2.86. The van der Waals surface area contributed by atoms with Crippen LogP contribution < -0.4 is 0 Å². The second-order valence-electron chi connectivity index (χ2n) is 4.43. The number of amides is 1. The standard InChI is InChI=1S/C14H18NO2/c1-11-4-3-5-12(10-11)14(16)15-8-6-13(17-2)7-9-15/h3-5,10,13H,1,6-9H2,2H3. The summed E-state index contributed by atoms with van der Waals surface area (Å²) in [5.41, 5.74) is 1.61. The quantitative estimate of drug-likeness (QED) is 0.781. The summed E-state index contributed by atoms with van der Waals surface area (Å²) in [4.78, 5) is 14.1. The zero-order valence-electron chi connectivity index (χ0n) is 10.2. The highest BCUT2D eigenvalue weighted by atomic mass is 16.5. The largest absolute Gasteiger partial charge is 0.381 e. The lowest BCUT2D eigenvalue weighted by atomic mass is 10.1. The second kappa shape index (κ2) is 5.32. The first-order chi connectivity index (χ1) is 8.20. The van der Waals surface area contributed by atoms with Crippen LogP contribution in [0.3, 0.4) is 0 Å². The Balaban J connectivity index is 2.02. The third-order valence-electron chi connectivity index (χ3n) is 3.24. The molecule has 0 aliphatic carbocycles. The lowest BCUT2D eigenvalue weighted by molar-refractivity contribution is 0.0351. The first-order valence-corrected chi connectivity index (χ1v) is 5.95. The Morgan fingerprint density at radius 1 is 1.41 bits per heavy atom. The lowest BCUT2D eigenvalue weighted by Crippen LogP contribution is -2.40. The van der Waals surface area contributed by atoms with Crippen LogP contribution in [0.1, 0.15) is 28.8 Å². The average Bonchev–Trinajstić information content (AvgIpc) is 2.38. The van der Waals surface area contributed by atoms with Gasteiger partial charge >= 0.3 is 0 Å². The normalized spacial score (nSPS) is 17.2. The monoisotopic (exact) mass is 232 g/mol. The lowest BCUT2D eigenvalue weighted by Gasteiger charge is -2.31. The van der Waals surface area contributed by atoms with Crippen molar-refractivity contribution in [2.75, 3.05) is 20.2 Å². The summed E-state index contributed by atoms with van der Waals surface area (Å²) in [5, 5.41) is 0. The molecular formula is C14H18NO2. The number of benzene rings is 1. The fourth-order valence-corrected chi connectivity index (χ4v) is 2.18. The van der Waals surface area contributed by atoms with Gasteiger partial charge in [0.25, 0.3) is 5.91 Å². The van der Waals surface area contributed by atoms with Crippen molar-refractivity contribution in [3.63, 3.8) is 0 Å². The molecule has 0 atom stereocenters. The van der Waals surface area contributed by atoms with Gasteiger partial charge < -0.3 is 9.64 Å². The van der Waals surface area contributed by atoms with E-state index in [9.17, 15) is 4.79 Å². The molecule has 1 amide bonds. The van der Waals surface area contributed by atoms with Gasteiger partial charge in [-0.15, -0.1) is 0 Å². The molecule has 3 heteroatoms. The van der Waals surface area contributed by atoms with Gasteiger partial charge in [-0.3, -0.25) is 4.79 Å². The number of hydrogen-bond donors (Lipinski definition) is 0. The molecule has 0 bridgehead atoms. The van der Waals surface area contributed by atoms with Crippen molar-refractivity contribution in [2.45, 2.75) is 18.9 Å². The van der Waals surface area contributed by atoms with Gasteiger partial charge in [-0.25, -0.2) is 0 Å². The maximum atomic E-state index is 12.2. The van der Waals surface area contributed by atoms with E-state index in [0.29, 0.717) is 6.10 Å². The number of hydrogen-bond acceptors (Lipinski definition) is 2. The molecule has 1 radical (unpaired) electrons. The van der Waals surface area contributed by atoms with Crippen LogP contribution in [-0.2, 0) is 4.74 Å². The van der Waals surface area contributed by atoms with Crippen molar-refractivity contribution in [1.82, 2.24) is 4.90 Å². The van der Waals surface area contributed by atoms with Crippen molar-refractivity contribution >= 4 is 5.91 Å². The van der Waals surface area contributed by atoms with E-state index in [1.165, 1.54) is 0 Å². The van der Waals surface area contributed by atoms with E-state index >= 15 is 0 Å². The summed E-state index contributed by atoms with van der Waals surface area (Å²) in [6.45, 7) is 5.40. The number of nitrogens with zero attached hydrogens (tertiary/aromatic N) is 1. The van der Waals surface area contributed by atoms with E-state index in [2.05, 4.69) is 6.92 Å². The summed E-state index contributed by atoms with van der Waals surface area (Å²) in [7, 11) is 1.73. The molecule has 2 rings (SSSR count). The van der Waals surface area contributed by atoms with Gasteiger partial charge in [-0.05, 0) is 37.5 Å². The molecule has 1 aliphatic heterocycles. The van der Waals surface area contributed by atoms with Crippen LogP contribution in [-0.4, -0.2) is 37.1 Å². The number of ether oxygens (including phenoxy) is 1. The van der Waals surface area contributed by atoms with E-state index in [1.54, 1.807) is 7.11 Å². The van der Waals surface area contributed by atoms with Gasteiger partial charge in [0.15, 0.2) is 0 Å². The van der Waals surface area contributed by atoms with Crippen molar-refractivity contribution in [3.05, 3.63) is 42.3 Å². The van der Waals surface area contributed by atoms with Crippen LogP contribution >= 0.6 is 0 Å².